The number of thioether (sulfide) groups is 1. The average Bonchev–Trinajstić information content (AvgIpc) is 3.46. The first-order valence-corrected chi connectivity index (χ1v) is 11.4. The second kappa shape index (κ2) is 11.4. The fraction of sp³-hybridized carbons (Fsp3) is 0.944. The van der Waals surface area contributed by atoms with Crippen LogP contribution in [0.4, 0.5) is 0 Å². The lowest BCUT2D eigenvalue weighted by Crippen LogP contribution is -2.62. The minimum atomic E-state index is -2.26. The van der Waals surface area contributed by atoms with Crippen molar-refractivity contribution in [1.82, 2.24) is 0 Å². The van der Waals surface area contributed by atoms with Crippen LogP contribution in [0, 0.1) is 0 Å². The summed E-state index contributed by atoms with van der Waals surface area (Å²) in [6.45, 7) is -2.12. The van der Waals surface area contributed by atoms with E-state index in [1.165, 1.54) is 0 Å². The van der Waals surface area contributed by atoms with Gasteiger partial charge in [0.25, 0.3) is 0 Å². The van der Waals surface area contributed by atoms with Crippen LogP contribution in [0.2, 0.25) is 0 Å². The quantitative estimate of drug-likeness (QED) is 0.116. The predicted molar refractivity (Wildman–Crippen MR) is 108 cm³/mol. The van der Waals surface area contributed by atoms with Gasteiger partial charge in [0.05, 0.1) is 19.8 Å². The minimum absolute atomic E-state index is 0.358. The average molecular weight is 534 g/mol. The summed E-state index contributed by atoms with van der Waals surface area (Å²) >= 11 is 0.358. The molecular weight excluding hydrogens is 504 g/mol. The van der Waals surface area contributed by atoms with Crippen LogP contribution in [0.5, 0.6) is 0 Å². The highest BCUT2D eigenvalue weighted by Gasteiger charge is 2.62. The molecule has 11 N–H and O–H groups in total. The van der Waals surface area contributed by atoms with E-state index in [0.717, 1.165) is 0 Å². The molecule has 0 amide bonds. The molecule has 0 radical (unpaired) electrons. The van der Waals surface area contributed by atoms with Crippen molar-refractivity contribution in [2.75, 3.05) is 19.8 Å². The molecule has 0 aromatic carbocycles. The molecule has 14 atom stereocenters. The molecule has 0 spiro atoms. The van der Waals surface area contributed by atoms with Gasteiger partial charge in [-0.25, -0.2) is 0 Å². The molecular formula is C18H30O16S. The van der Waals surface area contributed by atoms with Gasteiger partial charge in [-0.15, -0.1) is 0 Å². The molecule has 0 aromatic rings. The van der Waals surface area contributed by atoms with Gasteiger partial charge in [-0.2, -0.15) is 0 Å². The Morgan fingerprint density at radius 3 is 1.83 bits per heavy atom. The van der Waals surface area contributed by atoms with Gasteiger partial charge >= 0.3 is 0 Å². The Balaban J connectivity index is 1.55. The summed E-state index contributed by atoms with van der Waals surface area (Å²) in [5.41, 5.74) is 0. The standard InChI is InChI=1S/C18H30O16S/c19-1-5-8(22)10(24)12(26)16(33-5)32-3-6-9(23)11(25)13(27)15(34-6)31-2-4(20)7(21)14(28)18(30)17(29)35-18/h4-16,19-28,30H,1-3H2/t4-,5-,6-,7-,8-,9-,10+,11+,12-,13-,14+,15+,16+,18-/m1/s1. The van der Waals surface area contributed by atoms with Crippen LogP contribution in [0.3, 0.4) is 0 Å². The molecule has 0 bridgehead atoms. The third-order valence-electron chi connectivity index (χ3n) is 5.99. The number of hydrogen-bond donors (Lipinski definition) is 11. The lowest BCUT2D eigenvalue weighted by molar-refractivity contribution is -0.333. The number of hydrogen-bond acceptors (Lipinski definition) is 17. The second-order valence-corrected chi connectivity index (χ2v) is 9.66. The fourth-order valence-electron chi connectivity index (χ4n) is 3.62. The largest absolute Gasteiger partial charge is 0.394 e. The van der Waals surface area contributed by atoms with Crippen molar-refractivity contribution in [1.29, 1.82) is 0 Å². The molecule has 3 rings (SSSR count). The molecule has 3 aliphatic heterocycles. The van der Waals surface area contributed by atoms with Crippen LogP contribution in [0.15, 0.2) is 0 Å². The van der Waals surface area contributed by atoms with E-state index >= 15 is 0 Å². The molecule has 17 heteroatoms. The molecule has 3 fully saturated rings. The lowest BCUT2D eigenvalue weighted by Gasteiger charge is -2.42. The first-order chi connectivity index (χ1) is 16.3. The molecule has 0 unspecified atom stereocenters. The van der Waals surface area contributed by atoms with E-state index < -0.39 is 110 Å². The second-order valence-electron chi connectivity index (χ2n) is 8.47. The van der Waals surface area contributed by atoms with Crippen molar-refractivity contribution in [3.05, 3.63) is 0 Å². The summed E-state index contributed by atoms with van der Waals surface area (Å²) in [6.07, 6.45) is -22.4. The first kappa shape index (κ1) is 29.0. The van der Waals surface area contributed by atoms with Crippen LogP contribution in [0.1, 0.15) is 0 Å². The fourth-order valence-corrected chi connectivity index (χ4v) is 4.23. The lowest BCUT2D eigenvalue weighted by atomic mass is 9.98. The van der Waals surface area contributed by atoms with Crippen LogP contribution in [0.25, 0.3) is 0 Å². The number of carbonyl (C=O) groups excluding carboxylic acids is 1. The molecule has 0 saturated carbocycles. The van der Waals surface area contributed by atoms with Crippen LogP contribution >= 0.6 is 11.8 Å². The van der Waals surface area contributed by atoms with Gasteiger partial charge in [0.1, 0.15) is 67.1 Å². The van der Waals surface area contributed by atoms with Crippen molar-refractivity contribution < 1.29 is 79.9 Å². The van der Waals surface area contributed by atoms with Crippen LogP contribution in [-0.2, 0) is 23.7 Å². The van der Waals surface area contributed by atoms with E-state index in [1.807, 2.05) is 0 Å². The van der Waals surface area contributed by atoms with Crippen molar-refractivity contribution in [2.24, 2.45) is 0 Å². The summed E-state index contributed by atoms with van der Waals surface area (Å²) in [5.74, 6) is 0. The van der Waals surface area contributed by atoms with Crippen LogP contribution in [-0.4, -0.2) is 166 Å². The van der Waals surface area contributed by atoms with E-state index in [2.05, 4.69) is 0 Å². The summed E-state index contributed by atoms with van der Waals surface area (Å²) < 4.78 is 20.9. The Morgan fingerprint density at radius 2 is 1.31 bits per heavy atom. The number of ether oxygens (including phenoxy) is 4. The van der Waals surface area contributed by atoms with Gasteiger partial charge in [0.2, 0.25) is 10.0 Å². The van der Waals surface area contributed by atoms with Gasteiger partial charge in [-0.3, -0.25) is 4.79 Å². The normalized spacial score (nSPS) is 46.8. The topological polar surface area (TPSA) is 277 Å². The Hall–Kier alpha value is -0.580. The number of aliphatic hydroxyl groups is 11. The molecule has 0 aromatic heterocycles. The van der Waals surface area contributed by atoms with Gasteiger partial charge in [0.15, 0.2) is 12.6 Å². The zero-order valence-corrected chi connectivity index (χ0v) is 18.8. The monoisotopic (exact) mass is 534 g/mol. The molecule has 35 heavy (non-hydrogen) atoms. The first-order valence-electron chi connectivity index (χ1n) is 10.6. The Kier molecular flexibility index (Phi) is 9.47. The maximum atomic E-state index is 11.1. The maximum Gasteiger partial charge on any atom is 0.237 e. The maximum absolute atomic E-state index is 11.1. The SMILES string of the molecule is O=C1S[C@]1(O)[C@@H](O)[C@H](O)[C@H](O)CO[C@H]1O[C@H](CO[C@H]2O[C@H](CO)[C@@H](O)[C@H](O)[C@H]2O)[C@@H](O)[C@H](O)[C@H]1O. The minimum Gasteiger partial charge on any atom is -0.394 e. The highest BCUT2D eigenvalue weighted by Crippen LogP contribution is 2.48. The number of rotatable bonds is 10. The highest BCUT2D eigenvalue weighted by atomic mass is 32.2. The number of carbonyl (C=O) groups is 1. The summed E-state index contributed by atoms with van der Waals surface area (Å²) in [7, 11) is 0. The third kappa shape index (κ3) is 5.96. The Morgan fingerprint density at radius 1 is 0.829 bits per heavy atom. The van der Waals surface area contributed by atoms with Crippen molar-refractivity contribution in [3.63, 3.8) is 0 Å². The Bertz CT molecular complexity index is 729. The Labute approximate surface area is 201 Å². The molecule has 3 heterocycles. The molecule has 0 aliphatic carbocycles. The highest BCUT2D eigenvalue weighted by molar-refractivity contribution is 8.26. The van der Waals surface area contributed by atoms with E-state index in [-0.39, 0.29) is 0 Å². The van der Waals surface area contributed by atoms with Gasteiger partial charge in [-0.1, -0.05) is 0 Å². The van der Waals surface area contributed by atoms with E-state index in [1.54, 1.807) is 0 Å². The molecule has 3 saturated heterocycles. The van der Waals surface area contributed by atoms with Gasteiger partial charge in [0, 0.05) is 0 Å². The van der Waals surface area contributed by atoms with Crippen molar-refractivity contribution in [3.8, 4) is 0 Å². The molecule has 16 nitrogen and oxygen atoms in total. The van der Waals surface area contributed by atoms with E-state index in [0.29, 0.717) is 11.8 Å². The smallest absolute Gasteiger partial charge is 0.237 e. The van der Waals surface area contributed by atoms with Gasteiger partial charge < -0.3 is 75.1 Å². The summed E-state index contributed by atoms with van der Waals surface area (Å²) in [5, 5.41) is 108. The van der Waals surface area contributed by atoms with E-state index in [9.17, 15) is 61.0 Å². The van der Waals surface area contributed by atoms with Gasteiger partial charge in [-0.05, 0) is 11.8 Å². The zero-order valence-electron chi connectivity index (χ0n) is 18.0. The van der Waals surface area contributed by atoms with E-state index in [4.69, 9.17) is 18.9 Å². The molecule has 204 valence electrons. The summed E-state index contributed by atoms with van der Waals surface area (Å²) in [4.78, 5) is 8.89. The zero-order chi connectivity index (χ0) is 26.2. The van der Waals surface area contributed by atoms with Crippen LogP contribution < -0.4 is 0 Å². The van der Waals surface area contributed by atoms with Crippen molar-refractivity contribution in [2.45, 2.75) is 84.7 Å². The van der Waals surface area contributed by atoms with Crippen molar-refractivity contribution >= 4 is 16.9 Å². The molecule has 3 aliphatic rings. The third-order valence-corrected chi connectivity index (χ3v) is 7.02. The predicted octanol–water partition coefficient (Wildman–Crippen LogP) is -7.33. The summed E-state index contributed by atoms with van der Waals surface area (Å²) in [6, 6.07) is 0. The number of aliphatic hydroxyl groups excluding tert-OH is 10.